The lowest BCUT2D eigenvalue weighted by molar-refractivity contribution is 0.888. The van der Waals surface area contributed by atoms with E-state index in [1.165, 1.54) is 12.8 Å². The molecule has 1 aromatic rings. The van der Waals surface area contributed by atoms with Gasteiger partial charge in [0, 0.05) is 0 Å². The van der Waals surface area contributed by atoms with Gasteiger partial charge in [0.05, 0.1) is 0 Å². The molecule has 12 heavy (non-hydrogen) atoms. The van der Waals surface area contributed by atoms with Crippen LogP contribution in [0.3, 0.4) is 0 Å². The summed E-state index contributed by atoms with van der Waals surface area (Å²) in [5.74, 6) is 1.59. The lowest BCUT2D eigenvalue weighted by atomic mass is 10.4. The summed E-state index contributed by atoms with van der Waals surface area (Å²) >= 11 is 1.72. The number of aromatic nitrogens is 2. The van der Waals surface area contributed by atoms with E-state index in [1.807, 2.05) is 6.07 Å². The van der Waals surface area contributed by atoms with Crippen LogP contribution in [-0.2, 0) is 0 Å². The lowest BCUT2D eigenvalue weighted by Crippen LogP contribution is -1.93. The second-order valence-corrected chi connectivity index (χ2v) is 3.61. The van der Waals surface area contributed by atoms with Crippen LogP contribution in [0, 0.1) is 0 Å². The highest BCUT2D eigenvalue weighted by Gasteiger charge is 1.94. The maximum Gasteiger partial charge on any atom is 0.146 e. The second-order valence-electron chi connectivity index (χ2n) is 2.50. The van der Waals surface area contributed by atoms with Gasteiger partial charge >= 0.3 is 0 Å². The van der Waals surface area contributed by atoms with Crippen LogP contribution in [0.4, 0.5) is 5.82 Å². The van der Waals surface area contributed by atoms with E-state index in [4.69, 9.17) is 5.73 Å². The van der Waals surface area contributed by atoms with Crippen molar-refractivity contribution in [1.82, 2.24) is 10.2 Å². The average molecular weight is 183 g/mol. The van der Waals surface area contributed by atoms with Gasteiger partial charge < -0.3 is 5.73 Å². The summed E-state index contributed by atoms with van der Waals surface area (Å²) in [5, 5.41) is 8.66. The lowest BCUT2D eigenvalue weighted by Gasteiger charge is -1.97. The molecule has 0 aliphatic heterocycles. The molecule has 0 aromatic carbocycles. The van der Waals surface area contributed by atoms with E-state index in [-0.39, 0.29) is 0 Å². The number of thioether (sulfide) groups is 1. The highest BCUT2D eigenvalue weighted by molar-refractivity contribution is 7.99. The van der Waals surface area contributed by atoms with E-state index in [9.17, 15) is 0 Å². The molecular weight excluding hydrogens is 170 g/mol. The van der Waals surface area contributed by atoms with E-state index < -0.39 is 0 Å². The standard InChI is InChI=1S/C8H13N3S/c1-2-3-6-12-8-5-4-7(9)10-11-8/h4-5H,2-3,6H2,1H3,(H2,9,10). The van der Waals surface area contributed by atoms with Gasteiger partial charge in [-0.25, -0.2) is 0 Å². The Hall–Kier alpha value is -0.770. The molecule has 0 aliphatic carbocycles. The Morgan fingerprint density at radius 3 is 2.83 bits per heavy atom. The van der Waals surface area contributed by atoms with Crippen LogP contribution < -0.4 is 5.73 Å². The zero-order chi connectivity index (χ0) is 8.81. The van der Waals surface area contributed by atoms with Crippen molar-refractivity contribution >= 4 is 17.6 Å². The Morgan fingerprint density at radius 2 is 2.25 bits per heavy atom. The Kier molecular flexibility index (Phi) is 3.87. The first-order valence-corrected chi connectivity index (χ1v) is 5.03. The molecule has 1 aromatic heterocycles. The predicted octanol–water partition coefficient (Wildman–Crippen LogP) is 1.95. The normalized spacial score (nSPS) is 10.1. The molecule has 0 atom stereocenters. The van der Waals surface area contributed by atoms with E-state index >= 15 is 0 Å². The molecule has 0 unspecified atom stereocenters. The van der Waals surface area contributed by atoms with Crippen LogP contribution in [0.2, 0.25) is 0 Å². The van der Waals surface area contributed by atoms with E-state index in [0.29, 0.717) is 5.82 Å². The van der Waals surface area contributed by atoms with Crippen molar-refractivity contribution in [2.45, 2.75) is 24.8 Å². The number of rotatable bonds is 4. The highest BCUT2D eigenvalue weighted by atomic mass is 32.2. The third-order valence-electron chi connectivity index (χ3n) is 1.41. The average Bonchev–Trinajstić information content (AvgIpc) is 2.09. The van der Waals surface area contributed by atoms with Gasteiger partial charge in [0.15, 0.2) is 0 Å². The Morgan fingerprint density at radius 1 is 1.42 bits per heavy atom. The van der Waals surface area contributed by atoms with E-state index in [1.54, 1.807) is 17.8 Å². The van der Waals surface area contributed by atoms with Crippen LogP contribution in [0.5, 0.6) is 0 Å². The van der Waals surface area contributed by atoms with Gasteiger partial charge in [-0.1, -0.05) is 13.3 Å². The summed E-state index contributed by atoms with van der Waals surface area (Å²) in [6.45, 7) is 2.18. The molecule has 1 heterocycles. The van der Waals surface area contributed by atoms with Crippen molar-refractivity contribution in [2.75, 3.05) is 11.5 Å². The number of hydrogen-bond acceptors (Lipinski definition) is 4. The fourth-order valence-corrected chi connectivity index (χ4v) is 1.63. The molecule has 0 fully saturated rings. The summed E-state index contributed by atoms with van der Waals surface area (Å²) in [6.07, 6.45) is 2.44. The summed E-state index contributed by atoms with van der Waals surface area (Å²) < 4.78 is 0. The molecule has 0 spiro atoms. The van der Waals surface area contributed by atoms with Gasteiger partial charge in [-0.2, -0.15) is 0 Å². The smallest absolute Gasteiger partial charge is 0.146 e. The Labute approximate surface area is 76.8 Å². The molecule has 0 saturated heterocycles. The number of nitrogens with zero attached hydrogens (tertiary/aromatic N) is 2. The van der Waals surface area contributed by atoms with Gasteiger partial charge in [0.2, 0.25) is 0 Å². The molecule has 0 saturated carbocycles. The van der Waals surface area contributed by atoms with Crippen molar-refractivity contribution in [1.29, 1.82) is 0 Å². The zero-order valence-electron chi connectivity index (χ0n) is 7.16. The molecular formula is C8H13N3S. The van der Waals surface area contributed by atoms with Crippen molar-refractivity contribution in [3.05, 3.63) is 12.1 Å². The third kappa shape index (κ3) is 3.09. The van der Waals surface area contributed by atoms with E-state index in [2.05, 4.69) is 17.1 Å². The summed E-state index contributed by atoms with van der Waals surface area (Å²) in [6, 6.07) is 3.68. The monoisotopic (exact) mass is 183 g/mol. The van der Waals surface area contributed by atoms with Crippen molar-refractivity contribution in [2.24, 2.45) is 0 Å². The number of unbranched alkanes of at least 4 members (excludes halogenated alkanes) is 1. The molecule has 3 nitrogen and oxygen atoms in total. The molecule has 0 radical (unpaired) electrons. The quantitative estimate of drug-likeness (QED) is 0.572. The number of anilines is 1. The molecule has 66 valence electrons. The Bertz CT molecular complexity index is 222. The predicted molar refractivity (Wildman–Crippen MR) is 52.1 cm³/mol. The van der Waals surface area contributed by atoms with Crippen LogP contribution in [-0.4, -0.2) is 16.0 Å². The minimum absolute atomic E-state index is 0.481. The molecule has 0 aliphatic rings. The Balaban J connectivity index is 2.37. The van der Waals surface area contributed by atoms with Crippen molar-refractivity contribution in [3.63, 3.8) is 0 Å². The number of nitrogen functional groups attached to an aromatic ring is 1. The maximum absolute atomic E-state index is 5.40. The first-order chi connectivity index (χ1) is 5.83. The summed E-state index contributed by atoms with van der Waals surface area (Å²) in [5.41, 5.74) is 5.40. The topological polar surface area (TPSA) is 51.8 Å². The summed E-state index contributed by atoms with van der Waals surface area (Å²) in [4.78, 5) is 0. The molecule has 0 amide bonds. The minimum atomic E-state index is 0.481. The number of nitrogens with two attached hydrogens (primary N) is 1. The van der Waals surface area contributed by atoms with Crippen LogP contribution in [0.25, 0.3) is 0 Å². The van der Waals surface area contributed by atoms with Gasteiger partial charge in [-0.3, -0.25) is 0 Å². The highest BCUT2D eigenvalue weighted by Crippen LogP contribution is 2.15. The summed E-state index contributed by atoms with van der Waals surface area (Å²) in [7, 11) is 0. The van der Waals surface area contributed by atoms with Crippen molar-refractivity contribution in [3.8, 4) is 0 Å². The molecule has 0 bridgehead atoms. The molecule has 1 rings (SSSR count). The van der Waals surface area contributed by atoms with Crippen LogP contribution in [0.1, 0.15) is 19.8 Å². The fourth-order valence-electron chi connectivity index (χ4n) is 0.728. The first-order valence-electron chi connectivity index (χ1n) is 4.05. The minimum Gasteiger partial charge on any atom is -0.382 e. The van der Waals surface area contributed by atoms with Gasteiger partial charge in [0.1, 0.15) is 10.8 Å². The SMILES string of the molecule is CCCCSc1ccc(N)nn1. The van der Waals surface area contributed by atoms with Crippen LogP contribution in [0.15, 0.2) is 17.2 Å². The molecule has 4 heteroatoms. The second kappa shape index (κ2) is 4.98. The maximum atomic E-state index is 5.40. The number of hydrogen-bond donors (Lipinski definition) is 1. The fraction of sp³-hybridized carbons (Fsp3) is 0.500. The van der Waals surface area contributed by atoms with Gasteiger partial charge in [-0.05, 0) is 24.3 Å². The van der Waals surface area contributed by atoms with Crippen molar-refractivity contribution < 1.29 is 0 Å². The first kappa shape index (κ1) is 9.32. The zero-order valence-corrected chi connectivity index (χ0v) is 7.97. The van der Waals surface area contributed by atoms with Gasteiger partial charge in [0.25, 0.3) is 0 Å². The third-order valence-corrected chi connectivity index (χ3v) is 2.41. The van der Waals surface area contributed by atoms with Crippen LogP contribution >= 0.6 is 11.8 Å². The largest absolute Gasteiger partial charge is 0.382 e. The molecule has 2 N–H and O–H groups in total. The van der Waals surface area contributed by atoms with Gasteiger partial charge in [-0.15, -0.1) is 22.0 Å². The van der Waals surface area contributed by atoms with E-state index in [0.717, 1.165) is 10.8 Å².